The Morgan fingerprint density at radius 2 is 0.635 bits per heavy atom. The molecule has 0 aromatic rings. The second-order valence-corrected chi connectivity index (χ2v) is 21.6. The van der Waals surface area contributed by atoms with Crippen LogP contribution in [0.2, 0.25) is 0 Å². The Balaban J connectivity index is 4.37. The second-order valence-electron chi connectivity index (χ2n) is 21.6. The summed E-state index contributed by atoms with van der Waals surface area (Å²) in [7, 11) is 5.88. The number of aliphatic carboxylic acids is 1. The van der Waals surface area contributed by atoms with Gasteiger partial charge in [-0.1, -0.05) is 240 Å². The number of carboxylic acid groups (broad SMARTS) is 1. The molecule has 0 amide bonds. The van der Waals surface area contributed by atoms with Crippen LogP contribution in [-0.2, 0) is 33.3 Å². The quantitative estimate of drug-likeness (QED) is 0.0195. The Hall–Kier alpha value is -6.13. The minimum atomic E-state index is -1.65. The molecule has 0 aliphatic heterocycles. The van der Waals surface area contributed by atoms with Crippen molar-refractivity contribution in [2.45, 2.75) is 206 Å². The van der Waals surface area contributed by atoms with Crippen molar-refractivity contribution in [1.29, 1.82) is 0 Å². The van der Waals surface area contributed by atoms with Crippen LogP contribution < -0.4 is 5.11 Å². The van der Waals surface area contributed by atoms with Crippen LogP contribution in [0, 0.1) is 0 Å². The van der Waals surface area contributed by atoms with Crippen LogP contribution in [0.25, 0.3) is 0 Å². The van der Waals surface area contributed by atoms with Gasteiger partial charge in [0.05, 0.1) is 40.3 Å². The topological polar surface area (TPSA) is 111 Å². The first kappa shape index (κ1) is 78.9. The first-order valence-corrected chi connectivity index (χ1v) is 32.2. The molecule has 0 rings (SSSR count). The molecule has 0 radical (unpaired) electrons. The van der Waals surface area contributed by atoms with Crippen molar-refractivity contribution in [3.63, 3.8) is 0 Å². The number of ether oxygens (including phenoxy) is 4. The molecule has 0 N–H and O–H groups in total. The summed E-state index contributed by atoms with van der Waals surface area (Å²) in [5, 5.41) is 11.8. The van der Waals surface area contributed by atoms with Gasteiger partial charge in [0.25, 0.3) is 0 Å². The molecule has 0 spiro atoms. The van der Waals surface area contributed by atoms with Gasteiger partial charge in [-0.05, 0) is 148 Å². The first-order valence-electron chi connectivity index (χ1n) is 32.2. The molecular weight excluding hydrogens is 1050 g/mol. The van der Waals surface area contributed by atoms with Gasteiger partial charge < -0.3 is 33.3 Å². The number of allylic oxidation sites excluding steroid dienone is 34. The van der Waals surface area contributed by atoms with Crippen LogP contribution in [0.5, 0.6) is 0 Å². The number of rotatable bonds is 56. The molecule has 0 bridgehead atoms. The van der Waals surface area contributed by atoms with Crippen molar-refractivity contribution in [2.24, 2.45) is 0 Å². The van der Waals surface area contributed by atoms with Crippen molar-refractivity contribution in [3.8, 4) is 0 Å². The lowest BCUT2D eigenvalue weighted by Gasteiger charge is -2.26. The zero-order valence-electron chi connectivity index (χ0n) is 53.6. The van der Waals surface area contributed by atoms with E-state index in [-0.39, 0.29) is 32.7 Å². The number of esters is 2. The van der Waals surface area contributed by atoms with Crippen LogP contribution >= 0.6 is 0 Å². The van der Waals surface area contributed by atoms with Crippen molar-refractivity contribution in [3.05, 3.63) is 207 Å². The number of carboxylic acids is 1. The zero-order valence-corrected chi connectivity index (χ0v) is 53.6. The van der Waals surface area contributed by atoms with Crippen LogP contribution in [0.3, 0.4) is 0 Å². The van der Waals surface area contributed by atoms with Gasteiger partial charge in [0.1, 0.15) is 13.2 Å². The Morgan fingerprint density at radius 1 is 0.353 bits per heavy atom. The molecule has 0 aromatic heterocycles. The van der Waals surface area contributed by atoms with Gasteiger partial charge in [0, 0.05) is 12.8 Å². The largest absolute Gasteiger partial charge is 0.545 e. The van der Waals surface area contributed by atoms with E-state index in [2.05, 4.69) is 220 Å². The third kappa shape index (κ3) is 65.3. The highest BCUT2D eigenvalue weighted by Gasteiger charge is 2.22. The van der Waals surface area contributed by atoms with Crippen molar-refractivity contribution in [2.75, 3.05) is 47.5 Å². The number of quaternary nitrogens is 1. The van der Waals surface area contributed by atoms with E-state index < -0.39 is 30.3 Å². The molecule has 2 unspecified atom stereocenters. The average molecular weight is 1170 g/mol. The average Bonchev–Trinajstić information content (AvgIpc) is 3.48. The van der Waals surface area contributed by atoms with Crippen molar-refractivity contribution < 1.29 is 42.9 Å². The van der Waals surface area contributed by atoms with Crippen molar-refractivity contribution >= 4 is 17.9 Å². The van der Waals surface area contributed by atoms with E-state index in [1.165, 1.54) is 0 Å². The van der Waals surface area contributed by atoms with E-state index in [4.69, 9.17) is 18.9 Å². The van der Waals surface area contributed by atoms with E-state index in [0.29, 0.717) is 23.9 Å². The molecule has 0 saturated carbocycles. The molecule has 0 saturated heterocycles. The molecule has 0 heterocycles. The van der Waals surface area contributed by atoms with Gasteiger partial charge in [0.15, 0.2) is 12.4 Å². The number of hydrogen-bond donors (Lipinski definition) is 0. The van der Waals surface area contributed by atoms with Crippen LogP contribution in [0.1, 0.15) is 194 Å². The monoisotopic (exact) mass is 1170 g/mol. The summed E-state index contributed by atoms with van der Waals surface area (Å²) < 4.78 is 22.6. The van der Waals surface area contributed by atoms with Gasteiger partial charge >= 0.3 is 11.9 Å². The summed E-state index contributed by atoms with van der Waals surface area (Å²) in [6.07, 6.45) is 97.4. The summed E-state index contributed by atoms with van der Waals surface area (Å²) in [6, 6.07) is 0. The predicted octanol–water partition coefficient (Wildman–Crippen LogP) is 18.7. The summed E-state index contributed by atoms with van der Waals surface area (Å²) in [6.45, 7) is 4.41. The van der Waals surface area contributed by atoms with E-state index in [1.807, 2.05) is 21.1 Å². The molecule has 85 heavy (non-hydrogen) atoms. The van der Waals surface area contributed by atoms with Crippen molar-refractivity contribution in [1.82, 2.24) is 0 Å². The minimum Gasteiger partial charge on any atom is -0.545 e. The first-order chi connectivity index (χ1) is 41.6. The third-order valence-electron chi connectivity index (χ3n) is 12.5. The van der Waals surface area contributed by atoms with E-state index >= 15 is 0 Å². The highest BCUT2D eigenvalue weighted by molar-refractivity contribution is 5.70. The number of hydrogen-bond acceptors (Lipinski definition) is 8. The van der Waals surface area contributed by atoms with Gasteiger partial charge in [-0.3, -0.25) is 9.59 Å². The molecule has 9 nitrogen and oxygen atoms in total. The number of likely N-dealkylation sites (N-methyl/N-ethyl adjacent to an activating group) is 1. The maximum absolute atomic E-state index is 12.9. The lowest BCUT2D eigenvalue weighted by Crippen LogP contribution is -2.44. The Kier molecular flexibility index (Phi) is 59.3. The SMILES string of the molecule is CC/C=C\C/C=C\C/C=C\C/C=C\C/C=C\C/C=C\C/C=C\C/C=C\C/C=C\C/C=C\C/C=C\CCCCCC(=O)OC(COC(=O)CCCCCC/C=C\C/C=C\C/C=C\C/C=C\C/C=C\C/C=C\CC)COC(OCC[N+](C)(C)C)C(=O)[O-]. The molecule has 0 aliphatic rings. The molecule has 0 fully saturated rings. The molecule has 0 aliphatic carbocycles. The number of nitrogens with zero attached hydrogens (tertiary/aromatic N) is 1. The molecule has 0 aromatic carbocycles. The third-order valence-corrected chi connectivity index (χ3v) is 12.5. The summed E-state index contributed by atoms with van der Waals surface area (Å²) >= 11 is 0. The number of carbonyl (C=O) groups excluding carboxylic acids is 3. The maximum Gasteiger partial charge on any atom is 0.306 e. The number of carbonyl (C=O) groups is 3. The molecule has 9 heteroatoms. The van der Waals surface area contributed by atoms with Gasteiger partial charge in [-0.15, -0.1) is 0 Å². The molecule has 472 valence electrons. The highest BCUT2D eigenvalue weighted by Crippen LogP contribution is 2.12. The normalized spacial score (nSPS) is 14.1. The van der Waals surface area contributed by atoms with Crippen LogP contribution in [-0.4, -0.2) is 82.3 Å². The van der Waals surface area contributed by atoms with Gasteiger partial charge in [-0.25, -0.2) is 0 Å². The Morgan fingerprint density at radius 3 is 0.941 bits per heavy atom. The molecule has 2 atom stereocenters. The zero-order chi connectivity index (χ0) is 61.9. The summed E-state index contributed by atoms with van der Waals surface area (Å²) in [5.74, 6) is -2.39. The van der Waals surface area contributed by atoms with Crippen LogP contribution in [0.15, 0.2) is 207 Å². The lowest BCUT2D eigenvalue weighted by atomic mass is 10.1. The molecular formula is C76H115NO8. The second kappa shape index (κ2) is 63.9. The summed E-state index contributed by atoms with van der Waals surface area (Å²) in [5.41, 5.74) is 0. The standard InChI is InChI=1S/C76H115NO8/c1-6-8-10-12-14-16-18-20-22-24-26-28-30-31-32-33-34-35-36-37-38-39-40-41-42-43-45-47-49-51-53-55-57-59-61-63-65-67-74(79)85-72(71-84-76(75(80)81)82-69-68-77(3,4)5)70-83-73(78)66-64-62-60-58-56-54-52-50-48-46-44-29-27-25-23-21-19-17-15-13-11-9-7-2/h8-11,14-17,20-23,26-29,31-32,34-35,37-38,40-41,43,45-46,48-49,51-52,54-55,57,72,76H,6-7,12-13,18-19,24-25,30,33,36,39,42,44,47,50,53,56,58-71H2,1-5H3/b10-8-,11-9-,16-14-,17-15-,22-20-,23-21-,28-26-,29-27-,32-31-,35-34-,38-37-,41-40-,45-43-,48-46-,51-49-,54-52-,57-55-. The number of unbranched alkanes of at least 4 members (excludes halogenated alkanes) is 7. The fourth-order valence-corrected chi connectivity index (χ4v) is 7.66. The maximum atomic E-state index is 12.9. The van der Waals surface area contributed by atoms with E-state index in [0.717, 1.165) is 154 Å². The van der Waals surface area contributed by atoms with E-state index in [1.54, 1.807) is 0 Å². The van der Waals surface area contributed by atoms with Gasteiger partial charge in [-0.2, -0.15) is 0 Å². The Labute approximate surface area is 518 Å². The highest BCUT2D eigenvalue weighted by atomic mass is 16.7. The predicted molar refractivity (Wildman–Crippen MR) is 360 cm³/mol. The fourth-order valence-electron chi connectivity index (χ4n) is 7.66. The summed E-state index contributed by atoms with van der Waals surface area (Å²) in [4.78, 5) is 37.4. The smallest absolute Gasteiger partial charge is 0.306 e. The minimum absolute atomic E-state index is 0.123. The fraction of sp³-hybridized carbons (Fsp3) is 0.513. The lowest BCUT2D eigenvalue weighted by molar-refractivity contribution is -0.870. The van der Waals surface area contributed by atoms with Crippen LogP contribution in [0.4, 0.5) is 0 Å². The van der Waals surface area contributed by atoms with E-state index in [9.17, 15) is 19.5 Å². The Bertz CT molecular complexity index is 2140. The van der Waals surface area contributed by atoms with Gasteiger partial charge in [0.2, 0.25) is 0 Å².